The van der Waals surface area contributed by atoms with E-state index < -0.39 is 0 Å². The molecule has 3 aromatic carbocycles. The van der Waals surface area contributed by atoms with E-state index in [2.05, 4.69) is 5.10 Å². The van der Waals surface area contributed by atoms with E-state index in [0.717, 1.165) is 11.3 Å². The molecule has 0 saturated heterocycles. The lowest BCUT2D eigenvalue weighted by molar-refractivity contribution is 0.306. The average Bonchev–Trinajstić information content (AvgIpc) is 3.31. The van der Waals surface area contributed by atoms with E-state index in [4.69, 9.17) is 13.9 Å². The van der Waals surface area contributed by atoms with Crippen molar-refractivity contribution in [2.45, 2.75) is 13.5 Å². The Bertz CT molecular complexity index is 1470. The molecule has 0 unspecified atom stereocenters. The maximum absolute atomic E-state index is 13.1. The number of hydrogen-bond acceptors (Lipinski definition) is 5. The van der Waals surface area contributed by atoms with Crippen molar-refractivity contribution in [3.8, 4) is 22.9 Å². The Hall–Kier alpha value is -4.39. The van der Waals surface area contributed by atoms with E-state index in [1.54, 1.807) is 36.0 Å². The highest BCUT2D eigenvalue weighted by atomic mass is 19.1. The van der Waals surface area contributed by atoms with Gasteiger partial charge in [-0.2, -0.15) is 5.10 Å². The number of halogens is 1. The van der Waals surface area contributed by atoms with Gasteiger partial charge in [-0.05, 0) is 55.5 Å². The van der Waals surface area contributed by atoms with Gasteiger partial charge in [-0.25, -0.2) is 9.07 Å². The molecule has 7 heteroatoms. The van der Waals surface area contributed by atoms with Crippen molar-refractivity contribution in [2.24, 2.45) is 0 Å². The largest absolute Gasteiger partial charge is 0.489 e. The Balaban J connectivity index is 1.35. The zero-order valence-electron chi connectivity index (χ0n) is 17.7. The molecule has 0 bridgehead atoms. The number of nitrogens with zero attached hydrogens (tertiary/aromatic N) is 2. The number of aryl methyl sites for hydroxylation is 1. The molecule has 0 spiro atoms. The summed E-state index contributed by atoms with van der Waals surface area (Å²) < 4.78 is 32.3. The summed E-state index contributed by atoms with van der Waals surface area (Å²) >= 11 is 0. The zero-order chi connectivity index (χ0) is 22.8. The monoisotopic (exact) mass is 442 g/mol. The Morgan fingerprint density at radius 3 is 2.55 bits per heavy atom. The number of para-hydroxylation sites is 1. The van der Waals surface area contributed by atoms with Crippen LogP contribution in [0, 0.1) is 12.7 Å². The Morgan fingerprint density at radius 2 is 1.76 bits per heavy atom. The number of rotatable bonds is 6. The van der Waals surface area contributed by atoms with Gasteiger partial charge in [0.1, 0.15) is 35.3 Å². The third-order valence-corrected chi connectivity index (χ3v) is 5.08. The van der Waals surface area contributed by atoms with Crippen LogP contribution in [0.1, 0.15) is 11.3 Å². The van der Waals surface area contributed by atoms with Gasteiger partial charge in [0.2, 0.25) is 11.2 Å². The van der Waals surface area contributed by atoms with Gasteiger partial charge >= 0.3 is 0 Å². The predicted octanol–water partition coefficient (Wildman–Crippen LogP) is 5.80. The molecule has 0 aliphatic rings. The normalized spacial score (nSPS) is 11.0. The Morgan fingerprint density at radius 1 is 1.00 bits per heavy atom. The molecule has 6 nitrogen and oxygen atoms in total. The summed E-state index contributed by atoms with van der Waals surface area (Å²) in [5, 5.41) is 4.73. The number of benzene rings is 3. The minimum Gasteiger partial charge on any atom is -0.489 e. The van der Waals surface area contributed by atoms with Crippen molar-refractivity contribution in [1.29, 1.82) is 0 Å². The quantitative estimate of drug-likeness (QED) is 0.333. The van der Waals surface area contributed by atoms with Crippen LogP contribution in [0.3, 0.4) is 0 Å². The first-order valence-electron chi connectivity index (χ1n) is 10.3. The molecule has 0 saturated carbocycles. The number of aromatic nitrogens is 2. The third kappa shape index (κ3) is 4.34. The highest BCUT2D eigenvalue weighted by Crippen LogP contribution is 2.27. The highest BCUT2D eigenvalue weighted by Gasteiger charge is 2.15. The summed E-state index contributed by atoms with van der Waals surface area (Å²) in [7, 11) is 0. The molecule has 5 rings (SSSR count). The molecule has 0 aliphatic carbocycles. The van der Waals surface area contributed by atoms with E-state index in [1.165, 1.54) is 24.3 Å². The van der Waals surface area contributed by atoms with Crippen LogP contribution in [0.15, 0.2) is 94.4 Å². The summed E-state index contributed by atoms with van der Waals surface area (Å²) in [6.07, 6.45) is 3.65. The molecule has 0 fully saturated rings. The average molecular weight is 442 g/mol. The number of hydrogen-bond donors (Lipinski definition) is 0. The lowest BCUT2D eigenvalue weighted by Gasteiger charge is -2.10. The van der Waals surface area contributed by atoms with E-state index in [-0.39, 0.29) is 17.0 Å². The number of fused-ring (bicyclic) bond motifs is 1. The van der Waals surface area contributed by atoms with Crippen LogP contribution < -0.4 is 14.9 Å². The fraction of sp³-hybridized carbons (Fsp3) is 0.0769. The summed E-state index contributed by atoms with van der Waals surface area (Å²) in [5.74, 6) is 0.908. The van der Waals surface area contributed by atoms with E-state index >= 15 is 0 Å². The summed E-state index contributed by atoms with van der Waals surface area (Å²) in [6.45, 7) is 1.96. The van der Waals surface area contributed by atoms with Crippen molar-refractivity contribution in [1.82, 2.24) is 9.78 Å². The van der Waals surface area contributed by atoms with Gasteiger partial charge < -0.3 is 13.9 Å². The fourth-order valence-corrected chi connectivity index (χ4v) is 3.42. The number of ether oxygens (including phenoxy) is 2. The van der Waals surface area contributed by atoms with Crippen molar-refractivity contribution in [3.05, 3.63) is 113 Å². The topological polar surface area (TPSA) is 66.5 Å². The predicted molar refractivity (Wildman–Crippen MR) is 122 cm³/mol. The smallest absolute Gasteiger partial charge is 0.235 e. The molecule has 0 amide bonds. The zero-order valence-corrected chi connectivity index (χ0v) is 17.7. The van der Waals surface area contributed by atoms with Crippen molar-refractivity contribution >= 4 is 11.0 Å². The van der Waals surface area contributed by atoms with E-state index in [1.807, 2.05) is 36.5 Å². The van der Waals surface area contributed by atoms with Crippen molar-refractivity contribution < 1.29 is 18.3 Å². The first-order valence-corrected chi connectivity index (χ1v) is 10.3. The maximum atomic E-state index is 13.1. The Labute approximate surface area is 188 Å². The second kappa shape index (κ2) is 8.63. The molecular weight excluding hydrogens is 423 g/mol. The van der Waals surface area contributed by atoms with Crippen LogP contribution in [-0.2, 0) is 6.61 Å². The summed E-state index contributed by atoms with van der Waals surface area (Å²) in [6, 6.07) is 20.3. The van der Waals surface area contributed by atoms with Crippen LogP contribution in [0.4, 0.5) is 4.39 Å². The lowest BCUT2D eigenvalue weighted by Crippen LogP contribution is -2.07. The van der Waals surface area contributed by atoms with Crippen LogP contribution in [-0.4, -0.2) is 9.78 Å². The Kier molecular flexibility index (Phi) is 5.36. The molecular formula is C26H19FN2O4. The van der Waals surface area contributed by atoms with Crippen LogP contribution in [0.25, 0.3) is 16.7 Å². The van der Waals surface area contributed by atoms with E-state index in [9.17, 15) is 9.18 Å². The van der Waals surface area contributed by atoms with Crippen LogP contribution >= 0.6 is 0 Å². The third-order valence-electron chi connectivity index (χ3n) is 5.08. The maximum Gasteiger partial charge on any atom is 0.235 e. The molecule has 0 atom stereocenters. The molecule has 0 radical (unpaired) electrons. The van der Waals surface area contributed by atoms with Gasteiger partial charge in [-0.1, -0.05) is 18.2 Å². The van der Waals surface area contributed by atoms with Gasteiger partial charge in [0, 0.05) is 17.8 Å². The molecule has 0 aliphatic heterocycles. The van der Waals surface area contributed by atoms with Crippen molar-refractivity contribution in [3.63, 3.8) is 0 Å². The van der Waals surface area contributed by atoms with Crippen LogP contribution in [0.2, 0.25) is 0 Å². The first kappa shape index (κ1) is 20.5. The minimum absolute atomic E-state index is 0.0658. The molecule has 2 heterocycles. The molecule has 0 N–H and O–H groups in total. The molecule has 164 valence electrons. The van der Waals surface area contributed by atoms with E-state index in [0.29, 0.717) is 34.8 Å². The highest BCUT2D eigenvalue weighted by molar-refractivity contribution is 5.79. The lowest BCUT2D eigenvalue weighted by atomic mass is 10.2. The second-order valence-electron chi connectivity index (χ2n) is 7.45. The van der Waals surface area contributed by atoms with Gasteiger partial charge in [0.05, 0.1) is 17.3 Å². The fourth-order valence-electron chi connectivity index (χ4n) is 3.42. The standard InChI is InChI=1S/C26H19FN2O4/c1-17-26(33-21-9-7-19(27)8-10-21)25(30)23-12-11-22(13-24(23)32-17)31-16-18-14-28-29(15-18)20-5-3-2-4-6-20/h2-15H,16H2,1H3. The van der Waals surface area contributed by atoms with Gasteiger partial charge in [-0.15, -0.1) is 0 Å². The summed E-state index contributed by atoms with van der Waals surface area (Å²) in [5.41, 5.74) is 1.94. The van der Waals surface area contributed by atoms with Crippen molar-refractivity contribution in [2.75, 3.05) is 0 Å². The molecule has 33 heavy (non-hydrogen) atoms. The SMILES string of the molecule is Cc1oc2cc(OCc3cnn(-c4ccccc4)c3)ccc2c(=O)c1Oc1ccc(F)cc1. The second-order valence-corrected chi connectivity index (χ2v) is 7.45. The van der Waals surface area contributed by atoms with Crippen LogP contribution in [0.5, 0.6) is 17.2 Å². The van der Waals surface area contributed by atoms with Gasteiger partial charge in [-0.3, -0.25) is 4.79 Å². The van der Waals surface area contributed by atoms with Gasteiger partial charge in [0.25, 0.3) is 0 Å². The first-order chi connectivity index (χ1) is 16.1. The van der Waals surface area contributed by atoms with Gasteiger partial charge in [0.15, 0.2) is 0 Å². The molecule has 5 aromatic rings. The molecule has 2 aromatic heterocycles. The summed E-state index contributed by atoms with van der Waals surface area (Å²) in [4.78, 5) is 12.9. The minimum atomic E-state index is -0.385.